The molecule has 0 spiro atoms. The number of nitrogens with zero attached hydrogens (tertiary/aromatic N) is 1. The van der Waals surface area contributed by atoms with Crippen LogP contribution in [0.5, 0.6) is 0 Å². The Morgan fingerprint density at radius 3 is 2.25 bits per heavy atom. The normalized spacial score (nSPS) is 18.3. The third kappa shape index (κ3) is 3.41. The maximum Gasteiger partial charge on any atom is 0.303 e. The molecule has 0 aromatic rings. The summed E-state index contributed by atoms with van der Waals surface area (Å²) in [6.45, 7) is 2.32. The van der Waals surface area contributed by atoms with Gasteiger partial charge in [-0.05, 0) is 26.9 Å². The second-order valence-electron chi connectivity index (χ2n) is 3.51. The standard InChI is InChI=1S/C8H15NO2.ClH/c1-7(10)11-8(4-5-8)6-9(2)3;/h4-6H2,1-3H3;1H. The SMILES string of the molecule is CC(=O)OC1(CN(C)C)CC1.Cl. The molecule has 72 valence electrons. The van der Waals surface area contributed by atoms with E-state index in [1.807, 2.05) is 14.1 Å². The lowest BCUT2D eigenvalue weighted by Gasteiger charge is -2.19. The van der Waals surface area contributed by atoms with Crippen LogP contribution in [-0.4, -0.2) is 37.1 Å². The Labute approximate surface area is 79.5 Å². The Balaban J connectivity index is 0.00000121. The van der Waals surface area contributed by atoms with Crippen molar-refractivity contribution < 1.29 is 9.53 Å². The van der Waals surface area contributed by atoms with E-state index in [-0.39, 0.29) is 24.0 Å². The Morgan fingerprint density at radius 2 is 2.00 bits per heavy atom. The number of carbonyl (C=O) groups is 1. The maximum atomic E-state index is 10.6. The van der Waals surface area contributed by atoms with Crippen molar-refractivity contribution in [2.24, 2.45) is 0 Å². The van der Waals surface area contributed by atoms with Gasteiger partial charge in [0.1, 0.15) is 5.60 Å². The van der Waals surface area contributed by atoms with Gasteiger partial charge in [0.05, 0.1) is 0 Å². The minimum Gasteiger partial charge on any atom is -0.458 e. The second kappa shape index (κ2) is 4.10. The highest BCUT2D eigenvalue weighted by atomic mass is 35.5. The minimum absolute atomic E-state index is 0. The van der Waals surface area contributed by atoms with Gasteiger partial charge < -0.3 is 9.64 Å². The van der Waals surface area contributed by atoms with Crippen LogP contribution < -0.4 is 0 Å². The molecule has 1 saturated carbocycles. The quantitative estimate of drug-likeness (QED) is 0.628. The van der Waals surface area contributed by atoms with Crippen molar-refractivity contribution in [1.29, 1.82) is 0 Å². The van der Waals surface area contributed by atoms with Crippen LogP contribution >= 0.6 is 12.4 Å². The highest BCUT2D eigenvalue weighted by Crippen LogP contribution is 2.39. The molecule has 12 heavy (non-hydrogen) atoms. The van der Waals surface area contributed by atoms with Gasteiger partial charge in [-0.15, -0.1) is 12.4 Å². The average Bonchev–Trinajstić information content (AvgIpc) is 2.43. The minimum atomic E-state index is -0.163. The molecule has 4 heteroatoms. The Bertz CT molecular complexity index is 166. The number of esters is 1. The van der Waals surface area contributed by atoms with Crippen LogP contribution in [0.15, 0.2) is 0 Å². The van der Waals surface area contributed by atoms with E-state index in [0.717, 1.165) is 19.4 Å². The van der Waals surface area contributed by atoms with Crippen molar-refractivity contribution in [1.82, 2.24) is 4.90 Å². The molecule has 0 unspecified atom stereocenters. The molecule has 1 rings (SSSR count). The van der Waals surface area contributed by atoms with E-state index in [0.29, 0.717) is 0 Å². The molecule has 3 nitrogen and oxygen atoms in total. The van der Waals surface area contributed by atoms with Crippen molar-refractivity contribution in [3.63, 3.8) is 0 Å². The lowest BCUT2D eigenvalue weighted by molar-refractivity contribution is -0.149. The first-order valence-corrected chi connectivity index (χ1v) is 3.88. The highest BCUT2D eigenvalue weighted by molar-refractivity contribution is 5.85. The van der Waals surface area contributed by atoms with Gasteiger partial charge in [0.15, 0.2) is 0 Å². The van der Waals surface area contributed by atoms with Crippen LogP contribution in [0, 0.1) is 0 Å². The van der Waals surface area contributed by atoms with Crippen LogP contribution in [0.2, 0.25) is 0 Å². The van der Waals surface area contributed by atoms with Crippen LogP contribution in [0.3, 0.4) is 0 Å². The van der Waals surface area contributed by atoms with Crippen molar-refractivity contribution in [3.8, 4) is 0 Å². The predicted molar refractivity (Wildman–Crippen MR) is 49.5 cm³/mol. The molecule has 0 radical (unpaired) electrons. The molecule has 0 aliphatic heterocycles. The third-order valence-corrected chi connectivity index (χ3v) is 1.77. The smallest absolute Gasteiger partial charge is 0.303 e. The van der Waals surface area contributed by atoms with Gasteiger partial charge in [0.2, 0.25) is 0 Å². The van der Waals surface area contributed by atoms with Crippen LogP contribution in [0.25, 0.3) is 0 Å². The molecular formula is C8H16ClNO2. The van der Waals surface area contributed by atoms with E-state index in [1.165, 1.54) is 6.92 Å². The Hall–Kier alpha value is -0.280. The van der Waals surface area contributed by atoms with Crippen molar-refractivity contribution in [2.45, 2.75) is 25.4 Å². The summed E-state index contributed by atoms with van der Waals surface area (Å²) in [6.07, 6.45) is 2.04. The summed E-state index contributed by atoms with van der Waals surface area (Å²) in [5.41, 5.74) is -0.130. The predicted octanol–water partition coefficient (Wildman–Crippen LogP) is 1.07. The van der Waals surface area contributed by atoms with Gasteiger partial charge >= 0.3 is 5.97 Å². The fraction of sp³-hybridized carbons (Fsp3) is 0.875. The fourth-order valence-electron chi connectivity index (χ4n) is 1.31. The average molecular weight is 194 g/mol. The summed E-state index contributed by atoms with van der Waals surface area (Å²) in [7, 11) is 3.98. The van der Waals surface area contributed by atoms with Crippen molar-refractivity contribution in [3.05, 3.63) is 0 Å². The van der Waals surface area contributed by atoms with E-state index in [9.17, 15) is 4.79 Å². The molecule has 0 atom stereocenters. The van der Waals surface area contributed by atoms with E-state index < -0.39 is 0 Å². The number of halogens is 1. The van der Waals surface area contributed by atoms with Gasteiger partial charge in [-0.2, -0.15) is 0 Å². The summed E-state index contributed by atoms with van der Waals surface area (Å²) in [4.78, 5) is 12.7. The maximum absolute atomic E-state index is 10.6. The summed E-state index contributed by atoms with van der Waals surface area (Å²) in [5.74, 6) is -0.163. The molecular weight excluding hydrogens is 178 g/mol. The number of ether oxygens (including phenoxy) is 1. The zero-order chi connectivity index (χ0) is 8.48. The number of carbonyl (C=O) groups excluding carboxylic acids is 1. The zero-order valence-corrected chi connectivity index (χ0v) is 8.61. The third-order valence-electron chi connectivity index (χ3n) is 1.77. The molecule has 0 N–H and O–H groups in total. The zero-order valence-electron chi connectivity index (χ0n) is 7.79. The van der Waals surface area contributed by atoms with Gasteiger partial charge in [0, 0.05) is 13.5 Å². The number of hydrogen-bond donors (Lipinski definition) is 0. The molecule has 1 fully saturated rings. The molecule has 0 bridgehead atoms. The topological polar surface area (TPSA) is 29.5 Å². The van der Waals surface area contributed by atoms with Crippen molar-refractivity contribution >= 4 is 18.4 Å². The molecule has 1 aliphatic rings. The molecule has 0 heterocycles. The van der Waals surface area contributed by atoms with Crippen molar-refractivity contribution in [2.75, 3.05) is 20.6 Å². The molecule has 0 amide bonds. The lowest BCUT2D eigenvalue weighted by Crippen LogP contribution is -2.31. The molecule has 1 aliphatic carbocycles. The largest absolute Gasteiger partial charge is 0.458 e. The van der Waals surface area contributed by atoms with E-state index in [2.05, 4.69) is 4.90 Å². The fourth-order valence-corrected chi connectivity index (χ4v) is 1.31. The second-order valence-corrected chi connectivity index (χ2v) is 3.51. The number of likely N-dealkylation sites (N-methyl/N-ethyl adjacent to an activating group) is 1. The van der Waals surface area contributed by atoms with Crippen LogP contribution in [0.4, 0.5) is 0 Å². The number of rotatable bonds is 3. The first kappa shape index (κ1) is 11.7. The summed E-state index contributed by atoms with van der Waals surface area (Å²) < 4.78 is 5.18. The lowest BCUT2D eigenvalue weighted by atomic mass is 10.3. The first-order valence-electron chi connectivity index (χ1n) is 3.88. The molecule has 0 saturated heterocycles. The summed E-state index contributed by atoms with van der Waals surface area (Å²) in [5, 5.41) is 0. The first-order chi connectivity index (χ1) is 5.04. The Morgan fingerprint density at radius 1 is 1.50 bits per heavy atom. The summed E-state index contributed by atoms with van der Waals surface area (Å²) >= 11 is 0. The number of hydrogen-bond acceptors (Lipinski definition) is 3. The summed E-state index contributed by atoms with van der Waals surface area (Å²) in [6, 6.07) is 0. The van der Waals surface area contributed by atoms with E-state index in [1.54, 1.807) is 0 Å². The Kier molecular flexibility index (Phi) is 4.00. The van der Waals surface area contributed by atoms with E-state index >= 15 is 0 Å². The molecule has 0 aromatic heterocycles. The van der Waals surface area contributed by atoms with Crippen LogP contribution in [0.1, 0.15) is 19.8 Å². The van der Waals surface area contributed by atoms with Gasteiger partial charge in [-0.25, -0.2) is 0 Å². The van der Waals surface area contributed by atoms with Gasteiger partial charge in [-0.1, -0.05) is 0 Å². The van der Waals surface area contributed by atoms with Crippen LogP contribution in [-0.2, 0) is 9.53 Å². The van der Waals surface area contributed by atoms with Gasteiger partial charge in [0.25, 0.3) is 0 Å². The monoisotopic (exact) mass is 193 g/mol. The molecule has 0 aromatic carbocycles. The van der Waals surface area contributed by atoms with E-state index in [4.69, 9.17) is 4.74 Å². The van der Waals surface area contributed by atoms with Gasteiger partial charge in [-0.3, -0.25) is 4.79 Å². The highest BCUT2D eigenvalue weighted by Gasteiger charge is 2.46.